The molecular weight excluding hydrogens is 185 g/mol. The standard InChI is InChI=1S/C7H7F3N2O/c1-3-5(4(2)13)11-12-6(3)7(8,9)10/h1-2H3,(H,11,12). The van der Waals surface area contributed by atoms with Crippen molar-refractivity contribution >= 4 is 5.78 Å². The Morgan fingerprint density at radius 3 is 2.23 bits per heavy atom. The Balaban J connectivity index is 3.22. The number of Topliss-reactive ketones (excluding diaryl/α,β-unsaturated/α-hetero) is 1. The Morgan fingerprint density at radius 1 is 1.46 bits per heavy atom. The highest BCUT2D eigenvalue weighted by Crippen LogP contribution is 2.30. The van der Waals surface area contributed by atoms with Crippen LogP contribution >= 0.6 is 0 Å². The van der Waals surface area contributed by atoms with Crippen LogP contribution in [0.4, 0.5) is 13.2 Å². The highest BCUT2D eigenvalue weighted by atomic mass is 19.4. The van der Waals surface area contributed by atoms with Gasteiger partial charge in [-0.3, -0.25) is 9.89 Å². The van der Waals surface area contributed by atoms with Crippen molar-refractivity contribution in [3.05, 3.63) is 17.0 Å². The van der Waals surface area contributed by atoms with Crippen molar-refractivity contribution in [1.29, 1.82) is 0 Å². The first-order valence-corrected chi connectivity index (χ1v) is 3.47. The van der Waals surface area contributed by atoms with Crippen molar-refractivity contribution in [3.8, 4) is 0 Å². The van der Waals surface area contributed by atoms with Gasteiger partial charge in [-0.25, -0.2) is 0 Å². The highest BCUT2D eigenvalue weighted by Gasteiger charge is 2.36. The minimum Gasteiger partial charge on any atom is -0.293 e. The van der Waals surface area contributed by atoms with Gasteiger partial charge in [0.2, 0.25) is 0 Å². The number of hydrogen-bond donors (Lipinski definition) is 1. The molecule has 0 fully saturated rings. The summed E-state index contributed by atoms with van der Waals surface area (Å²) in [5.74, 6) is -0.482. The molecule has 0 aromatic carbocycles. The first-order valence-electron chi connectivity index (χ1n) is 3.47. The average molecular weight is 192 g/mol. The summed E-state index contributed by atoms with van der Waals surface area (Å²) in [6.45, 7) is 2.38. The number of halogens is 3. The fraction of sp³-hybridized carbons (Fsp3) is 0.429. The Hall–Kier alpha value is -1.33. The molecule has 0 unspecified atom stereocenters. The normalized spacial score (nSPS) is 11.8. The van der Waals surface area contributed by atoms with E-state index < -0.39 is 17.7 Å². The van der Waals surface area contributed by atoms with Crippen LogP contribution in [0.3, 0.4) is 0 Å². The van der Waals surface area contributed by atoms with E-state index >= 15 is 0 Å². The lowest BCUT2D eigenvalue weighted by Crippen LogP contribution is -2.07. The van der Waals surface area contributed by atoms with Crippen LogP contribution in [0.1, 0.15) is 28.7 Å². The molecule has 0 atom stereocenters. The summed E-state index contributed by atoms with van der Waals surface area (Å²) in [7, 11) is 0. The molecule has 0 spiro atoms. The number of aromatic nitrogens is 2. The Morgan fingerprint density at radius 2 is 2.00 bits per heavy atom. The molecule has 0 amide bonds. The predicted molar refractivity (Wildman–Crippen MR) is 38.3 cm³/mol. The van der Waals surface area contributed by atoms with Gasteiger partial charge in [0.1, 0.15) is 11.4 Å². The summed E-state index contributed by atoms with van der Waals surface area (Å²) >= 11 is 0. The van der Waals surface area contributed by atoms with E-state index in [1.807, 2.05) is 0 Å². The average Bonchev–Trinajstić information content (AvgIpc) is 2.28. The van der Waals surface area contributed by atoms with Crippen LogP contribution in [0.5, 0.6) is 0 Å². The van der Waals surface area contributed by atoms with Crippen molar-refractivity contribution in [2.75, 3.05) is 0 Å². The molecule has 13 heavy (non-hydrogen) atoms. The lowest BCUT2D eigenvalue weighted by molar-refractivity contribution is -0.141. The van der Waals surface area contributed by atoms with Crippen LogP contribution in [0.15, 0.2) is 0 Å². The van der Waals surface area contributed by atoms with Crippen molar-refractivity contribution < 1.29 is 18.0 Å². The number of nitrogens with zero attached hydrogens (tertiary/aromatic N) is 1. The quantitative estimate of drug-likeness (QED) is 0.691. The summed E-state index contributed by atoms with van der Waals surface area (Å²) in [6.07, 6.45) is -4.48. The van der Waals surface area contributed by atoms with E-state index in [2.05, 4.69) is 5.10 Å². The number of hydrogen-bond acceptors (Lipinski definition) is 2. The molecule has 72 valence electrons. The molecule has 3 nitrogen and oxygen atoms in total. The molecule has 0 aliphatic rings. The number of rotatable bonds is 1. The van der Waals surface area contributed by atoms with Gasteiger partial charge in [0.15, 0.2) is 5.78 Å². The maximum Gasteiger partial charge on any atom is 0.433 e. The van der Waals surface area contributed by atoms with Crippen LogP contribution in [-0.4, -0.2) is 16.0 Å². The van der Waals surface area contributed by atoms with Gasteiger partial charge in [-0.05, 0) is 6.92 Å². The van der Waals surface area contributed by atoms with E-state index in [-0.39, 0.29) is 11.3 Å². The maximum absolute atomic E-state index is 12.1. The number of carbonyl (C=O) groups excluding carboxylic acids is 1. The molecular formula is C7H7F3N2O. The van der Waals surface area contributed by atoms with Crippen molar-refractivity contribution in [2.24, 2.45) is 0 Å². The number of H-pyrrole nitrogens is 1. The molecule has 0 radical (unpaired) electrons. The van der Waals surface area contributed by atoms with Crippen LogP contribution in [0, 0.1) is 6.92 Å². The summed E-state index contributed by atoms with van der Waals surface area (Å²) in [5, 5.41) is 5.09. The van der Waals surface area contributed by atoms with Gasteiger partial charge >= 0.3 is 6.18 Å². The molecule has 1 N–H and O–H groups in total. The SMILES string of the molecule is CC(=O)c1n[nH]c(C(F)(F)F)c1C. The van der Waals surface area contributed by atoms with Gasteiger partial charge in [0, 0.05) is 12.5 Å². The van der Waals surface area contributed by atoms with E-state index in [1.165, 1.54) is 13.8 Å². The summed E-state index contributed by atoms with van der Waals surface area (Å²) < 4.78 is 36.4. The van der Waals surface area contributed by atoms with Gasteiger partial charge in [-0.15, -0.1) is 0 Å². The first-order chi connectivity index (χ1) is 5.84. The molecule has 0 aliphatic carbocycles. The molecule has 0 saturated carbocycles. The third-order valence-corrected chi connectivity index (χ3v) is 1.63. The fourth-order valence-corrected chi connectivity index (χ4v) is 1.02. The van der Waals surface area contributed by atoms with E-state index in [0.29, 0.717) is 0 Å². The number of ketones is 1. The largest absolute Gasteiger partial charge is 0.433 e. The van der Waals surface area contributed by atoms with Gasteiger partial charge in [-0.2, -0.15) is 18.3 Å². The first kappa shape index (κ1) is 9.76. The maximum atomic E-state index is 12.1. The van der Waals surface area contributed by atoms with Crippen LogP contribution in [0.2, 0.25) is 0 Å². The molecule has 1 rings (SSSR count). The molecule has 0 bridgehead atoms. The van der Waals surface area contributed by atoms with E-state index in [0.717, 1.165) is 0 Å². The van der Waals surface area contributed by atoms with Crippen LogP contribution in [0.25, 0.3) is 0 Å². The molecule has 0 aliphatic heterocycles. The van der Waals surface area contributed by atoms with Crippen LogP contribution < -0.4 is 0 Å². The Kier molecular flexibility index (Phi) is 2.15. The van der Waals surface area contributed by atoms with Gasteiger partial charge in [0.25, 0.3) is 0 Å². The zero-order valence-electron chi connectivity index (χ0n) is 6.99. The number of aromatic amines is 1. The van der Waals surface area contributed by atoms with E-state index in [4.69, 9.17) is 0 Å². The molecule has 1 aromatic rings. The van der Waals surface area contributed by atoms with E-state index in [9.17, 15) is 18.0 Å². The molecule has 1 heterocycles. The third-order valence-electron chi connectivity index (χ3n) is 1.63. The Bertz CT molecular complexity index is 340. The van der Waals surface area contributed by atoms with Gasteiger partial charge in [-0.1, -0.05) is 0 Å². The summed E-state index contributed by atoms with van der Waals surface area (Å²) in [4.78, 5) is 10.8. The van der Waals surface area contributed by atoms with Gasteiger partial charge in [0.05, 0.1) is 0 Å². The second-order valence-electron chi connectivity index (χ2n) is 2.63. The molecule has 0 saturated heterocycles. The predicted octanol–water partition coefficient (Wildman–Crippen LogP) is 1.94. The summed E-state index contributed by atoms with van der Waals surface area (Å²) in [5.41, 5.74) is -1.27. The number of carbonyl (C=O) groups is 1. The van der Waals surface area contributed by atoms with Crippen molar-refractivity contribution in [2.45, 2.75) is 20.0 Å². The smallest absolute Gasteiger partial charge is 0.293 e. The fourth-order valence-electron chi connectivity index (χ4n) is 1.02. The van der Waals surface area contributed by atoms with Crippen LogP contribution in [-0.2, 0) is 6.18 Å². The van der Waals surface area contributed by atoms with Gasteiger partial charge < -0.3 is 0 Å². The number of alkyl halides is 3. The highest BCUT2D eigenvalue weighted by molar-refractivity contribution is 5.93. The zero-order chi connectivity index (χ0) is 10.2. The molecule has 6 heteroatoms. The van der Waals surface area contributed by atoms with Crippen molar-refractivity contribution in [3.63, 3.8) is 0 Å². The third kappa shape index (κ3) is 1.71. The lowest BCUT2D eigenvalue weighted by Gasteiger charge is -2.03. The zero-order valence-corrected chi connectivity index (χ0v) is 6.99. The lowest BCUT2D eigenvalue weighted by atomic mass is 10.1. The second-order valence-corrected chi connectivity index (χ2v) is 2.63. The number of nitrogens with one attached hydrogen (secondary N) is 1. The second kappa shape index (κ2) is 2.86. The van der Waals surface area contributed by atoms with Crippen molar-refractivity contribution in [1.82, 2.24) is 10.2 Å². The minimum absolute atomic E-state index is 0.153. The van der Waals surface area contributed by atoms with E-state index in [1.54, 1.807) is 5.10 Å². The Labute approximate surface area is 71.9 Å². The summed E-state index contributed by atoms with van der Waals surface area (Å²) in [6, 6.07) is 0. The monoisotopic (exact) mass is 192 g/mol. The molecule has 1 aromatic heterocycles. The topological polar surface area (TPSA) is 45.8 Å². The minimum atomic E-state index is -4.48.